The molecule has 0 aliphatic heterocycles. The molecule has 0 fully saturated rings. The van der Waals surface area contributed by atoms with Crippen LogP contribution < -0.4 is 0 Å². The molecule has 4 nitrogen and oxygen atoms in total. The molecule has 0 heterocycles. The molecule has 2 atom stereocenters. The summed E-state index contributed by atoms with van der Waals surface area (Å²) in [4.78, 5) is 23.1. The van der Waals surface area contributed by atoms with Crippen LogP contribution in [-0.4, -0.2) is 22.6 Å². The fourth-order valence-electron chi connectivity index (χ4n) is 3.74. The summed E-state index contributed by atoms with van der Waals surface area (Å²) in [6.07, 6.45) is 10.5. The third-order valence-corrected chi connectivity index (χ3v) is 5.89. The summed E-state index contributed by atoms with van der Waals surface area (Å²) in [5.74, 6) is -0.318. The van der Waals surface area contributed by atoms with Crippen LogP contribution in [0.3, 0.4) is 0 Å². The summed E-state index contributed by atoms with van der Waals surface area (Å²) in [7, 11) is 0. The molecule has 0 aromatic carbocycles. The number of hydrogen-bond donors (Lipinski definition) is 1. The normalized spacial score (nSPS) is 15.9. The van der Waals surface area contributed by atoms with Gasteiger partial charge in [0.25, 0.3) is 0 Å². The van der Waals surface area contributed by atoms with E-state index in [1.807, 2.05) is 0 Å². The molecule has 0 amide bonds. The second-order valence-electron chi connectivity index (χ2n) is 7.81. The van der Waals surface area contributed by atoms with Crippen molar-refractivity contribution in [1.82, 2.24) is 0 Å². The molecule has 0 aliphatic carbocycles. The first-order chi connectivity index (χ1) is 12.3. The van der Waals surface area contributed by atoms with Gasteiger partial charge < -0.3 is 9.84 Å². The first-order valence-electron chi connectivity index (χ1n) is 10.8. The van der Waals surface area contributed by atoms with E-state index in [0.717, 1.165) is 25.7 Å². The second-order valence-corrected chi connectivity index (χ2v) is 7.81. The standard InChI is InChI=1S/C22H42O4/c1-6-9-10-11-14-17-22(18(4)7-2,19(5)8-3)26-21(25)16-13-12-15-20(23)24/h18-19H,6-17H2,1-5H3,(H,23,24). The molecule has 0 aromatic heterocycles. The van der Waals surface area contributed by atoms with E-state index >= 15 is 0 Å². The minimum absolute atomic E-state index is 0.118. The number of rotatable bonds is 16. The van der Waals surface area contributed by atoms with Gasteiger partial charge in [-0.05, 0) is 50.4 Å². The Balaban J connectivity index is 4.91. The lowest BCUT2D eigenvalue weighted by molar-refractivity contribution is -0.176. The van der Waals surface area contributed by atoms with Gasteiger partial charge in [-0.25, -0.2) is 0 Å². The lowest BCUT2D eigenvalue weighted by atomic mass is 9.72. The van der Waals surface area contributed by atoms with Crippen LogP contribution in [0.5, 0.6) is 0 Å². The van der Waals surface area contributed by atoms with E-state index in [2.05, 4.69) is 34.6 Å². The van der Waals surface area contributed by atoms with Crippen LogP contribution >= 0.6 is 0 Å². The second kappa shape index (κ2) is 14.1. The van der Waals surface area contributed by atoms with Gasteiger partial charge in [-0.2, -0.15) is 0 Å². The molecule has 0 rings (SSSR count). The number of carboxylic acid groups (broad SMARTS) is 1. The van der Waals surface area contributed by atoms with Gasteiger partial charge in [0.15, 0.2) is 0 Å². The van der Waals surface area contributed by atoms with Crippen LogP contribution in [0, 0.1) is 11.8 Å². The topological polar surface area (TPSA) is 63.6 Å². The first kappa shape index (κ1) is 24.9. The van der Waals surface area contributed by atoms with Crippen LogP contribution in [0.25, 0.3) is 0 Å². The van der Waals surface area contributed by atoms with Gasteiger partial charge in [-0.3, -0.25) is 9.59 Å². The molecule has 4 heteroatoms. The predicted molar refractivity (Wildman–Crippen MR) is 107 cm³/mol. The van der Waals surface area contributed by atoms with E-state index in [9.17, 15) is 9.59 Å². The monoisotopic (exact) mass is 370 g/mol. The number of unbranched alkanes of at least 4 members (excludes halogenated alkanes) is 5. The maximum Gasteiger partial charge on any atom is 0.306 e. The SMILES string of the molecule is CCCCCCCC(OC(=O)CCCCC(=O)O)(C(C)CC)C(C)CC. The highest BCUT2D eigenvalue weighted by Gasteiger charge is 2.42. The molecule has 0 saturated carbocycles. The number of carboxylic acids is 1. The Morgan fingerprint density at radius 2 is 1.38 bits per heavy atom. The van der Waals surface area contributed by atoms with Crippen molar-refractivity contribution >= 4 is 11.9 Å². The number of ether oxygens (including phenoxy) is 1. The van der Waals surface area contributed by atoms with Crippen molar-refractivity contribution in [1.29, 1.82) is 0 Å². The Kier molecular flexibility index (Phi) is 13.5. The summed E-state index contributed by atoms with van der Waals surface area (Å²) in [5, 5.41) is 8.72. The maximum absolute atomic E-state index is 12.5. The average molecular weight is 371 g/mol. The maximum atomic E-state index is 12.5. The van der Waals surface area contributed by atoms with Gasteiger partial charge in [0.1, 0.15) is 5.60 Å². The van der Waals surface area contributed by atoms with E-state index < -0.39 is 5.97 Å². The molecule has 0 spiro atoms. The minimum atomic E-state index is -0.806. The van der Waals surface area contributed by atoms with Crippen LogP contribution in [0.4, 0.5) is 0 Å². The van der Waals surface area contributed by atoms with E-state index in [1.165, 1.54) is 25.7 Å². The molecular weight excluding hydrogens is 328 g/mol. The Labute approximate surface area is 161 Å². The number of aliphatic carboxylic acids is 1. The summed E-state index contributed by atoms with van der Waals surface area (Å²) in [6, 6.07) is 0. The molecule has 0 radical (unpaired) electrons. The van der Waals surface area contributed by atoms with Crippen LogP contribution in [0.15, 0.2) is 0 Å². The minimum Gasteiger partial charge on any atom is -0.481 e. The zero-order valence-electron chi connectivity index (χ0n) is 17.8. The largest absolute Gasteiger partial charge is 0.481 e. The van der Waals surface area contributed by atoms with Gasteiger partial charge in [0.2, 0.25) is 0 Å². The van der Waals surface area contributed by atoms with Crippen LogP contribution in [0.1, 0.15) is 112 Å². The quantitative estimate of drug-likeness (QED) is 0.253. The fraction of sp³-hybridized carbons (Fsp3) is 0.909. The molecule has 0 aromatic rings. The third kappa shape index (κ3) is 9.05. The van der Waals surface area contributed by atoms with Crippen LogP contribution in [-0.2, 0) is 14.3 Å². The molecule has 2 unspecified atom stereocenters. The van der Waals surface area contributed by atoms with Gasteiger partial charge >= 0.3 is 11.9 Å². The highest BCUT2D eigenvalue weighted by molar-refractivity contribution is 5.70. The zero-order chi connectivity index (χ0) is 20.0. The summed E-state index contributed by atoms with van der Waals surface area (Å²) in [5.41, 5.74) is -0.389. The third-order valence-electron chi connectivity index (χ3n) is 5.89. The number of carbonyl (C=O) groups is 2. The lowest BCUT2D eigenvalue weighted by Gasteiger charge is -2.43. The number of hydrogen-bond acceptors (Lipinski definition) is 3. The average Bonchev–Trinajstić information content (AvgIpc) is 2.62. The van der Waals surface area contributed by atoms with Gasteiger partial charge in [-0.1, -0.05) is 60.3 Å². The zero-order valence-corrected chi connectivity index (χ0v) is 17.8. The smallest absolute Gasteiger partial charge is 0.306 e. The molecule has 26 heavy (non-hydrogen) atoms. The molecule has 0 bridgehead atoms. The predicted octanol–water partition coefficient (Wildman–Crippen LogP) is 6.37. The highest BCUT2D eigenvalue weighted by Crippen LogP contribution is 2.39. The van der Waals surface area contributed by atoms with E-state index in [1.54, 1.807) is 0 Å². The van der Waals surface area contributed by atoms with Crippen molar-refractivity contribution in [2.75, 3.05) is 0 Å². The Hall–Kier alpha value is -1.06. The van der Waals surface area contributed by atoms with Crippen molar-refractivity contribution in [3.63, 3.8) is 0 Å². The number of esters is 1. The van der Waals surface area contributed by atoms with E-state index in [-0.39, 0.29) is 18.0 Å². The highest BCUT2D eigenvalue weighted by atomic mass is 16.6. The fourth-order valence-corrected chi connectivity index (χ4v) is 3.74. The molecule has 1 N–H and O–H groups in total. The lowest BCUT2D eigenvalue weighted by Crippen LogP contribution is -2.47. The molecule has 0 aliphatic rings. The molecule has 154 valence electrons. The first-order valence-corrected chi connectivity index (χ1v) is 10.8. The molecular formula is C22H42O4. The van der Waals surface area contributed by atoms with E-state index in [4.69, 9.17) is 9.84 Å². The van der Waals surface area contributed by atoms with Crippen molar-refractivity contribution in [3.05, 3.63) is 0 Å². The van der Waals surface area contributed by atoms with Crippen molar-refractivity contribution < 1.29 is 19.4 Å². The van der Waals surface area contributed by atoms with E-state index in [0.29, 0.717) is 31.1 Å². The van der Waals surface area contributed by atoms with Crippen molar-refractivity contribution in [3.8, 4) is 0 Å². The summed E-state index contributed by atoms with van der Waals surface area (Å²) >= 11 is 0. The van der Waals surface area contributed by atoms with Gasteiger partial charge in [0.05, 0.1) is 0 Å². The molecule has 0 saturated heterocycles. The Morgan fingerprint density at radius 3 is 1.88 bits per heavy atom. The Morgan fingerprint density at radius 1 is 0.846 bits per heavy atom. The Bertz CT molecular complexity index is 382. The van der Waals surface area contributed by atoms with Crippen LogP contribution in [0.2, 0.25) is 0 Å². The van der Waals surface area contributed by atoms with Gasteiger partial charge in [-0.15, -0.1) is 0 Å². The number of carbonyl (C=O) groups excluding carboxylic acids is 1. The van der Waals surface area contributed by atoms with Gasteiger partial charge in [0, 0.05) is 12.8 Å². The van der Waals surface area contributed by atoms with Crippen molar-refractivity contribution in [2.24, 2.45) is 11.8 Å². The summed E-state index contributed by atoms with van der Waals surface area (Å²) < 4.78 is 6.17. The summed E-state index contributed by atoms with van der Waals surface area (Å²) in [6.45, 7) is 11.0. The van der Waals surface area contributed by atoms with Crippen molar-refractivity contribution in [2.45, 2.75) is 117 Å².